The number of benzene rings is 2. The second-order valence-electron chi connectivity index (χ2n) is 6.72. The summed E-state index contributed by atoms with van der Waals surface area (Å²) in [6, 6.07) is 14.8. The fourth-order valence-corrected chi connectivity index (χ4v) is 3.15. The molecule has 5 nitrogen and oxygen atoms in total. The number of hydrogen-bond acceptors (Lipinski definition) is 4. The lowest BCUT2D eigenvalue weighted by molar-refractivity contribution is -0.133. The van der Waals surface area contributed by atoms with Crippen molar-refractivity contribution < 1.29 is 9.21 Å². The molecule has 0 saturated heterocycles. The van der Waals surface area contributed by atoms with Crippen molar-refractivity contribution in [2.75, 3.05) is 0 Å². The predicted octanol–water partition coefficient (Wildman–Crippen LogP) is 5.41. The molecule has 0 atom stereocenters. The molecule has 7 heteroatoms. The van der Waals surface area contributed by atoms with Gasteiger partial charge in [-0.25, -0.2) is 0 Å². The van der Waals surface area contributed by atoms with Crippen LogP contribution in [0.1, 0.15) is 31.7 Å². The molecule has 0 unspecified atom stereocenters. The lowest BCUT2D eigenvalue weighted by atomic mass is 10.1. The van der Waals surface area contributed by atoms with E-state index in [-0.39, 0.29) is 18.5 Å². The van der Waals surface area contributed by atoms with Crippen molar-refractivity contribution in [1.82, 2.24) is 15.1 Å². The largest absolute Gasteiger partial charge is 0.419 e. The minimum absolute atomic E-state index is 0.00776. The first-order chi connectivity index (χ1) is 13.4. The number of amides is 1. The summed E-state index contributed by atoms with van der Waals surface area (Å²) >= 11 is 12.1. The standard InChI is InChI=1S/C21H21Cl2N3O2/c1-14(2)26(20(27)12-9-15-7-10-16(22)11-8-15)13-19-24-25-21(28-19)17-5-3-4-6-18(17)23/h3-8,10-11,14H,9,12-13H2,1-2H3. The number of hydrogen-bond donors (Lipinski definition) is 0. The van der Waals surface area contributed by atoms with Crippen LogP contribution in [0.25, 0.3) is 11.5 Å². The predicted molar refractivity (Wildman–Crippen MR) is 110 cm³/mol. The Kier molecular flexibility index (Phi) is 6.70. The highest BCUT2D eigenvalue weighted by molar-refractivity contribution is 6.33. The van der Waals surface area contributed by atoms with Crippen molar-refractivity contribution in [1.29, 1.82) is 0 Å². The van der Waals surface area contributed by atoms with Gasteiger partial charge in [0.05, 0.1) is 17.1 Å². The Morgan fingerprint density at radius 3 is 2.46 bits per heavy atom. The van der Waals surface area contributed by atoms with Gasteiger partial charge in [0.15, 0.2) is 0 Å². The summed E-state index contributed by atoms with van der Waals surface area (Å²) in [5, 5.41) is 9.38. The number of aromatic nitrogens is 2. The Hall–Kier alpha value is -2.37. The summed E-state index contributed by atoms with van der Waals surface area (Å²) < 4.78 is 5.74. The number of carbonyl (C=O) groups is 1. The van der Waals surface area contributed by atoms with Crippen molar-refractivity contribution in [2.45, 2.75) is 39.3 Å². The summed E-state index contributed by atoms with van der Waals surface area (Å²) in [4.78, 5) is 14.5. The van der Waals surface area contributed by atoms with Gasteiger partial charge in [0.25, 0.3) is 0 Å². The van der Waals surface area contributed by atoms with Crippen LogP contribution in [0.2, 0.25) is 10.0 Å². The van der Waals surface area contributed by atoms with E-state index >= 15 is 0 Å². The highest BCUT2D eigenvalue weighted by Crippen LogP contribution is 2.26. The Morgan fingerprint density at radius 1 is 1.07 bits per heavy atom. The Balaban J connectivity index is 1.67. The maximum Gasteiger partial charge on any atom is 0.249 e. The van der Waals surface area contributed by atoms with E-state index in [4.69, 9.17) is 27.6 Å². The third kappa shape index (κ3) is 5.12. The van der Waals surface area contributed by atoms with Gasteiger partial charge < -0.3 is 9.32 Å². The van der Waals surface area contributed by atoms with Gasteiger partial charge in [0.1, 0.15) is 0 Å². The van der Waals surface area contributed by atoms with E-state index in [0.29, 0.717) is 40.2 Å². The molecular formula is C21H21Cl2N3O2. The van der Waals surface area contributed by atoms with Crippen LogP contribution in [0.15, 0.2) is 52.9 Å². The molecule has 0 saturated carbocycles. The number of carbonyl (C=O) groups excluding carboxylic acids is 1. The summed E-state index contributed by atoms with van der Waals surface area (Å²) in [7, 11) is 0. The van der Waals surface area contributed by atoms with Gasteiger partial charge in [0, 0.05) is 17.5 Å². The van der Waals surface area contributed by atoms with Gasteiger partial charge in [-0.1, -0.05) is 47.5 Å². The molecule has 0 fully saturated rings. The Bertz CT molecular complexity index is 939. The highest BCUT2D eigenvalue weighted by atomic mass is 35.5. The molecule has 1 aromatic heterocycles. The van der Waals surface area contributed by atoms with Crippen LogP contribution in [0.4, 0.5) is 0 Å². The van der Waals surface area contributed by atoms with E-state index in [1.807, 2.05) is 56.3 Å². The van der Waals surface area contributed by atoms with Crippen LogP contribution >= 0.6 is 23.2 Å². The van der Waals surface area contributed by atoms with Crippen molar-refractivity contribution in [3.63, 3.8) is 0 Å². The lowest BCUT2D eigenvalue weighted by Gasteiger charge is -2.25. The summed E-state index contributed by atoms with van der Waals surface area (Å²) in [6.45, 7) is 4.19. The molecule has 1 amide bonds. The number of nitrogens with zero attached hydrogens (tertiary/aromatic N) is 3. The van der Waals surface area contributed by atoms with Gasteiger partial charge in [-0.2, -0.15) is 0 Å². The molecule has 0 aliphatic rings. The maximum atomic E-state index is 12.7. The van der Waals surface area contributed by atoms with Crippen LogP contribution in [0, 0.1) is 0 Å². The zero-order valence-corrected chi connectivity index (χ0v) is 17.2. The van der Waals surface area contributed by atoms with Crippen LogP contribution in [-0.4, -0.2) is 27.0 Å². The fraction of sp³-hybridized carbons (Fsp3) is 0.286. The van der Waals surface area contributed by atoms with Crippen LogP contribution in [-0.2, 0) is 17.8 Å². The molecule has 2 aromatic carbocycles. The minimum atomic E-state index is 0.00776. The smallest absolute Gasteiger partial charge is 0.249 e. The lowest BCUT2D eigenvalue weighted by Crippen LogP contribution is -2.36. The van der Waals surface area contributed by atoms with E-state index in [1.54, 1.807) is 11.0 Å². The Morgan fingerprint density at radius 2 is 1.79 bits per heavy atom. The topological polar surface area (TPSA) is 59.2 Å². The van der Waals surface area contributed by atoms with Crippen LogP contribution in [0.5, 0.6) is 0 Å². The van der Waals surface area contributed by atoms with Crippen LogP contribution < -0.4 is 0 Å². The molecule has 0 N–H and O–H groups in total. The summed E-state index contributed by atoms with van der Waals surface area (Å²) in [5.41, 5.74) is 1.74. The Labute approximate surface area is 174 Å². The van der Waals surface area contributed by atoms with E-state index < -0.39 is 0 Å². The quantitative estimate of drug-likeness (QED) is 0.515. The molecular weight excluding hydrogens is 397 g/mol. The van der Waals surface area contributed by atoms with Gasteiger partial charge in [-0.3, -0.25) is 4.79 Å². The first kappa shape index (κ1) is 20.4. The zero-order valence-electron chi connectivity index (χ0n) is 15.7. The molecule has 146 valence electrons. The van der Waals surface area contributed by atoms with E-state index in [1.165, 1.54) is 0 Å². The zero-order chi connectivity index (χ0) is 20.1. The van der Waals surface area contributed by atoms with Crippen molar-refractivity contribution in [3.8, 4) is 11.5 Å². The van der Waals surface area contributed by atoms with Crippen molar-refractivity contribution >= 4 is 29.1 Å². The average molecular weight is 418 g/mol. The number of halogens is 2. The molecule has 0 bridgehead atoms. The highest BCUT2D eigenvalue weighted by Gasteiger charge is 2.21. The molecule has 0 aliphatic carbocycles. The van der Waals surface area contributed by atoms with Crippen molar-refractivity contribution in [2.24, 2.45) is 0 Å². The second kappa shape index (κ2) is 9.22. The van der Waals surface area contributed by atoms with E-state index in [9.17, 15) is 4.79 Å². The second-order valence-corrected chi connectivity index (χ2v) is 7.57. The molecule has 0 radical (unpaired) electrons. The fourth-order valence-electron chi connectivity index (χ4n) is 2.81. The average Bonchev–Trinajstić information content (AvgIpc) is 3.14. The minimum Gasteiger partial charge on any atom is -0.419 e. The summed E-state index contributed by atoms with van der Waals surface area (Å²) in [5.74, 6) is 0.754. The van der Waals surface area contributed by atoms with Crippen LogP contribution in [0.3, 0.4) is 0 Å². The summed E-state index contributed by atoms with van der Waals surface area (Å²) in [6.07, 6.45) is 1.04. The van der Waals surface area contributed by atoms with Crippen molar-refractivity contribution in [3.05, 3.63) is 70.0 Å². The molecule has 0 aliphatic heterocycles. The van der Waals surface area contributed by atoms with Gasteiger partial charge in [0.2, 0.25) is 17.7 Å². The third-order valence-electron chi connectivity index (χ3n) is 4.36. The molecule has 3 rings (SSSR count). The monoisotopic (exact) mass is 417 g/mol. The molecule has 0 spiro atoms. The van der Waals surface area contributed by atoms with Gasteiger partial charge in [-0.15, -0.1) is 10.2 Å². The van der Waals surface area contributed by atoms with E-state index in [0.717, 1.165) is 5.56 Å². The van der Waals surface area contributed by atoms with E-state index in [2.05, 4.69) is 10.2 Å². The first-order valence-corrected chi connectivity index (χ1v) is 9.81. The first-order valence-electron chi connectivity index (χ1n) is 9.05. The third-order valence-corrected chi connectivity index (χ3v) is 4.94. The molecule has 1 heterocycles. The molecule has 28 heavy (non-hydrogen) atoms. The number of rotatable bonds is 7. The normalized spacial score (nSPS) is 11.0. The maximum absolute atomic E-state index is 12.7. The SMILES string of the molecule is CC(C)N(Cc1nnc(-c2ccccc2Cl)o1)C(=O)CCc1ccc(Cl)cc1. The van der Waals surface area contributed by atoms with Gasteiger partial charge >= 0.3 is 0 Å². The number of aryl methyl sites for hydroxylation is 1. The molecule has 3 aromatic rings. The van der Waals surface area contributed by atoms with Gasteiger partial charge in [-0.05, 0) is 50.1 Å².